The van der Waals surface area contributed by atoms with Gasteiger partial charge in [0.2, 0.25) is 0 Å². The molecule has 0 spiro atoms. The van der Waals surface area contributed by atoms with Crippen molar-refractivity contribution in [3.05, 3.63) is 51.8 Å². The molecule has 0 aliphatic heterocycles. The third kappa shape index (κ3) is 4.93. The highest BCUT2D eigenvalue weighted by Gasteiger charge is 2.19. The summed E-state index contributed by atoms with van der Waals surface area (Å²) in [6.07, 6.45) is 0. The Morgan fingerprint density at radius 1 is 1.12 bits per heavy atom. The molecule has 0 saturated heterocycles. The quantitative estimate of drug-likeness (QED) is 0.589. The lowest BCUT2D eigenvalue weighted by Gasteiger charge is -2.14. The van der Waals surface area contributed by atoms with Gasteiger partial charge in [0.1, 0.15) is 11.6 Å². The minimum atomic E-state index is -3.11. The standard InChI is InChI=1S/C16H11Cl2F3O4/c1-2-23-15(22)9-6-10(18)13(7-11(9)19)24-12-4-3-8(17)5-14(12)25-16(20)21/h3-7,16H,2H2,1H3. The van der Waals surface area contributed by atoms with Crippen molar-refractivity contribution in [1.82, 2.24) is 0 Å². The maximum absolute atomic E-state index is 14.1. The molecular weight excluding hydrogens is 384 g/mol. The number of ether oxygens (including phenoxy) is 3. The summed E-state index contributed by atoms with van der Waals surface area (Å²) in [6, 6.07) is 5.60. The molecule has 134 valence electrons. The van der Waals surface area contributed by atoms with Gasteiger partial charge in [-0.15, -0.1) is 0 Å². The Labute approximate surface area is 151 Å². The van der Waals surface area contributed by atoms with E-state index in [1.54, 1.807) is 6.92 Å². The summed E-state index contributed by atoms with van der Waals surface area (Å²) >= 11 is 11.7. The highest BCUT2D eigenvalue weighted by Crippen LogP contribution is 2.38. The molecule has 0 atom stereocenters. The highest BCUT2D eigenvalue weighted by molar-refractivity contribution is 6.32. The zero-order valence-electron chi connectivity index (χ0n) is 12.7. The molecule has 0 fully saturated rings. The van der Waals surface area contributed by atoms with E-state index >= 15 is 0 Å². The fourth-order valence-electron chi connectivity index (χ4n) is 1.84. The van der Waals surface area contributed by atoms with E-state index in [4.69, 9.17) is 32.7 Å². The summed E-state index contributed by atoms with van der Waals surface area (Å²) in [5, 5.41) is 0.0142. The van der Waals surface area contributed by atoms with Crippen LogP contribution < -0.4 is 9.47 Å². The van der Waals surface area contributed by atoms with Gasteiger partial charge in [-0.05, 0) is 25.1 Å². The molecule has 0 aliphatic carbocycles. The van der Waals surface area contributed by atoms with E-state index in [1.165, 1.54) is 12.1 Å². The summed E-state index contributed by atoms with van der Waals surface area (Å²) < 4.78 is 53.4. The average molecular weight is 395 g/mol. The number of rotatable bonds is 6. The smallest absolute Gasteiger partial charge is 0.387 e. The number of alkyl halides is 2. The van der Waals surface area contributed by atoms with Gasteiger partial charge in [-0.2, -0.15) is 8.78 Å². The molecule has 0 N–H and O–H groups in total. The van der Waals surface area contributed by atoms with Crippen LogP contribution in [0, 0.1) is 5.82 Å². The largest absolute Gasteiger partial charge is 0.462 e. The normalized spacial score (nSPS) is 10.7. The van der Waals surface area contributed by atoms with Crippen LogP contribution in [0.5, 0.6) is 17.2 Å². The van der Waals surface area contributed by atoms with Crippen LogP contribution in [0.1, 0.15) is 17.3 Å². The Morgan fingerprint density at radius 3 is 2.48 bits per heavy atom. The van der Waals surface area contributed by atoms with Crippen LogP contribution in [0.3, 0.4) is 0 Å². The van der Waals surface area contributed by atoms with Gasteiger partial charge >= 0.3 is 12.6 Å². The number of carbonyl (C=O) groups excluding carboxylic acids is 1. The first-order valence-corrected chi connectivity index (χ1v) is 7.65. The number of hydrogen-bond donors (Lipinski definition) is 0. The summed E-state index contributed by atoms with van der Waals surface area (Å²) in [6.45, 7) is -1.48. The van der Waals surface area contributed by atoms with Gasteiger partial charge in [0, 0.05) is 17.2 Å². The van der Waals surface area contributed by atoms with E-state index in [1.807, 2.05) is 0 Å². The number of benzene rings is 2. The third-order valence-electron chi connectivity index (χ3n) is 2.86. The third-order valence-corrected chi connectivity index (χ3v) is 3.39. The lowest BCUT2D eigenvalue weighted by atomic mass is 10.2. The minimum Gasteiger partial charge on any atom is -0.462 e. The molecule has 25 heavy (non-hydrogen) atoms. The monoisotopic (exact) mass is 394 g/mol. The molecule has 2 rings (SSSR count). The summed E-state index contributed by atoms with van der Waals surface area (Å²) in [5.41, 5.74) is -0.376. The molecule has 9 heteroatoms. The molecule has 2 aromatic rings. The predicted octanol–water partition coefficient (Wildman–Crippen LogP) is 5.70. The van der Waals surface area contributed by atoms with E-state index in [2.05, 4.69) is 4.74 Å². The van der Waals surface area contributed by atoms with Crippen LogP contribution in [-0.4, -0.2) is 19.2 Å². The van der Waals surface area contributed by atoms with Crippen LogP contribution >= 0.6 is 23.2 Å². The molecule has 2 aromatic carbocycles. The van der Waals surface area contributed by atoms with Crippen LogP contribution in [0.4, 0.5) is 13.2 Å². The summed E-state index contributed by atoms with van der Waals surface area (Å²) in [5.74, 6) is -2.54. The Hall–Kier alpha value is -2.12. The molecule has 0 unspecified atom stereocenters. The van der Waals surface area contributed by atoms with Crippen molar-refractivity contribution in [2.45, 2.75) is 13.5 Å². The highest BCUT2D eigenvalue weighted by atomic mass is 35.5. The summed E-state index contributed by atoms with van der Waals surface area (Å²) in [4.78, 5) is 11.6. The van der Waals surface area contributed by atoms with Gasteiger partial charge in [0.05, 0.1) is 17.2 Å². The van der Waals surface area contributed by atoms with Crippen molar-refractivity contribution < 1.29 is 32.2 Å². The van der Waals surface area contributed by atoms with Gasteiger partial charge in [-0.3, -0.25) is 0 Å². The molecule has 0 heterocycles. The van der Waals surface area contributed by atoms with Crippen LogP contribution in [-0.2, 0) is 4.74 Å². The van der Waals surface area contributed by atoms with Gasteiger partial charge in [0.25, 0.3) is 0 Å². The molecule has 0 radical (unpaired) electrons. The van der Waals surface area contributed by atoms with Crippen LogP contribution in [0.15, 0.2) is 30.3 Å². The van der Waals surface area contributed by atoms with E-state index in [0.717, 1.165) is 18.2 Å². The number of halogens is 5. The Morgan fingerprint density at radius 2 is 1.84 bits per heavy atom. The fourth-order valence-corrected chi connectivity index (χ4v) is 2.21. The molecule has 4 nitrogen and oxygen atoms in total. The van der Waals surface area contributed by atoms with Crippen molar-refractivity contribution in [2.75, 3.05) is 6.61 Å². The van der Waals surface area contributed by atoms with Gasteiger partial charge in [0.15, 0.2) is 11.5 Å². The van der Waals surface area contributed by atoms with Crippen LogP contribution in [0.2, 0.25) is 10.0 Å². The molecule has 0 aromatic heterocycles. The Balaban J connectivity index is 2.35. The van der Waals surface area contributed by atoms with E-state index < -0.39 is 18.4 Å². The Kier molecular flexibility index (Phi) is 6.39. The molecule has 0 aliphatic rings. The van der Waals surface area contributed by atoms with Crippen molar-refractivity contribution in [3.8, 4) is 17.2 Å². The van der Waals surface area contributed by atoms with E-state index in [9.17, 15) is 18.0 Å². The zero-order valence-corrected chi connectivity index (χ0v) is 14.2. The van der Waals surface area contributed by atoms with Crippen molar-refractivity contribution in [1.29, 1.82) is 0 Å². The molecule has 0 amide bonds. The van der Waals surface area contributed by atoms with Crippen LogP contribution in [0.25, 0.3) is 0 Å². The number of esters is 1. The first-order valence-electron chi connectivity index (χ1n) is 6.90. The molecular formula is C16H11Cl2F3O4. The van der Waals surface area contributed by atoms with Gasteiger partial charge in [-0.1, -0.05) is 23.2 Å². The second kappa shape index (κ2) is 8.31. The van der Waals surface area contributed by atoms with Crippen molar-refractivity contribution in [2.24, 2.45) is 0 Å². The first-order chi connectivity index (χ1) is 11.8. The average Bonchev–Trinajstić information content (AvgIpc) is 2.52. The summed E-state index contributed by atoms with van der Waals surface area (Å²) in [7, 11) is 0. The Bertz CT molecular complexity index is 784. The minimum absolute atomic E-state index is 0.0627. The second-order valence-corrected chi connectivity index (χ2v) is 5.40. The molecule has 0 bridgehead atoms. The topological polar surface area (TPSA) is 44.8 Å². The lowest BCUT2D eigenvalue weighted by molar-refractivity contribution is -0.0510. The van der Waals surface area contributed by atoms with Crippen molar-refractivity contribution >= 4 is 29.2 Å². The maximum atomic E-state index is 14.1. The maximum Gasteiger partial charge on any atom is 0.387 e. The zero-order chi connectivity index (χ0) is 18.6. The second-order valence-electron chi connectivity index (χ2n) is 4.55. The number of hydrogen-bond acceptors (Lipinski definition) is 4. The predicted molar refractivity (Wildman–Crippen MR) is 85.5 cm³/mol. The lowest BCUT2D eigenvalue weighted by Crippen LogP contribution is -2.07. The van der Waals surface area contributed by atoms with E-state index in [0.29, 0.717) is 0 Å². The van der Waals surface area contributed by atoms with E-state index in [-0.39, 0.29) is 39.5 Å². The fraction of sp³-hybridized carbons (Fsp3) is 0.188. The van der Waals surface area contributed by atoms with Gasteiger partial charge < -0.3 is 14.2 Å². The first kappa shape index (κ1) is 19.2. The SMILES string of the molecule is CCOC(=O)c1cc(Cl)c(Oc2ccc(Cl)cc2OC(F)F)cc1F. The molecule has 0 saturated carbocycles. The van der Waals surface area contributed by atoms with Gasteiger partial charge in [-0.25, -0.2) is 9.18 Å². The van der Waals surface area contributed by atoms with Crippen molar-refractivity contribution in [3.63, 3.8) is 0 Å². The number of carbonyl (C=O) groups is 1.